The lowest BCUT2D eigenvalue weighted by molar-refractivity contribution is 0.415. The number of fused-ring (bicyclic) bond motifs is 2. The quantitative estimate of drug-likeness (QED) is 0.382. The van der Waals surface area contributed by atoms with Gasteiger partial charge >= 0.3 is 0 Å². The van der Waals surface area contributed by atoms with E-state index in [0.717, 1.165) is 33.2 Å². The number of phenols is 1. The van der Waals surface area contributed by atoms with E-state index in [4.69, 9.17) is 4.74 Å². The molecule has 138 valence electrons. The third-order valence-corrected chi connectivity index (χ3v) is 6.23. The largest absolute Gasteiger partial charge is 0.508 e. The Hall–Kier alpha value is -3.24. The van der Waals surface area contributed by atoms with Crippen molar-refractivity contribution < 1.29 is 9.84 Å². The van der Waals surface area contributed by atoms with E-state index >= 15 is 0 Å². The van der Waals surface area contributed by atoms with Gasteiger partial charge in [0.05, 0.1) is 7.11 Å². The van der Waals surface area contributed by atoms with Gasteiger partial charge in [-0.1, -0.05) is 36.4 Å². The predicted octanol–water partition coefficient (Wildman–Crippen LogP) is 6.28. The van der Waals surface area contributed by atoms with Gasteiger partial charge < -0.3 is 14.8 Å². The van der Waals surface area contributed by atoms with Gasteiger partial charge in [-0.3, -0.25) is 0 Å². The molecule has 2 N–H and O–H groups in total. The third-order valence-electron chi connectivity index (χ3n) is 5.30. The topological polar surface area (TPSA) is 45.2 Å². The molecule has 5 rings (SSSR count). The summed E-state index contributed by atoms with van der Waals surface area (Å²) < 4.78 is 5.46. The predicted molar refractivity (Wildman–Crippen MR) is 116 cm³/mol. The average Bonchev–Trinajstić information content (AvgIpc) is 3.40. The molecule has 0 bridgehead atoms. The lowest BCUT2D eigenvalue weighted by atomic mass is 9.85. The van der Waals surface area contributed by atoms with Crippen LogP contribution in [0.1, 0.15) is 21.9 Å². The molecule has 1 unspecified atom stereocenters. The second kappa shape index (κ2) is 6.73. The van der Waals surface area contributed by atoms with E-state index in [1.54, 1.807) is 24.5 Å². The molecule has 0 aliphatic rings. The molecule has 3 nitrogen and oxygen atoms in total. The molecule has 0 saturated carbocycles. The smallest absolute Gasteiger partial charge is 0.120 e. The molecule has 28 heavy (non-hydrogen) atoms. The number of methoxy groups -OCH3 is 1. The van der Waals surface area contributed by atoms with Crippen molar-refractivity contribution in [3.63, 3.8) is 0 Å². The maximum absolute atomic E-state index is 11.0. The maximum Gasteiger partial charge on any atom is 0.120 e. The molecule has 2 aromatic heterocycles. The van der Waals surface area contributed by atoms with Crippen LogP contribution in [0.4, 0.5) is 0 Å². The molecule has 4 heteroatoms. The standard InChI is InChI=1S/C24H19NO2S/c1-27-16-10-8-15-9-11-21(26)23(18(15)13-16)24(22-7-4-12-28-22)19-14-25-20-6-3-2-5-17(19)20/h2-14,24-26H,1H3. The fourth-order valence-electron chi connectivity index (χ4n) is 3.98. The molecule has 2 heterocycles. The number of thiophene rings is 1. The Kier molecular flexibility index (Phi) is 4.06. The monoisotopic (exact) mass is 385 g/mol. The first-order chi connectivity index (χ1) is 13.8. The highest BCUT2D eigenvalue weighted by atomic mass is 32.1. The molecule has 0 spiro atoms. The summed E-state index contributed by atoms with van der Waals surface area (Å²) in [6.45, 7) is 0. The SMILES string of the molecule is COc1ccc2ccc(O)c(C(c3cccs3)c3c[nH]c4ccccc34)c2c1. The molecule has 0 radical (unpaired) electrons. The summed E-state index contributed by atoms with van der Waals surface area (Å²) in [7, 11) is 1.67. The second-order valence-electron chi connectivity index (χ2n) is 6.82. The summed E-state index contributed by atoms with van der Waals surface area (Å²) in [5, 5.41) is 16.3. The number of aromatic amines is 1. The van der Waals surface area contributed by atoms with Crippen LogP contribution in [0.25, 0.3) is 21.7 Å². The highest BCUT2D eigenvalue weighted by molar-refractivity contribution is 7.10. The second-order valence-corrected chi connectivity index (χ2v) is 7.80. The number of aromatic nitrogens is 1. The van der Waals surface area contributed by atoms with Gasteiger partial charge in [0.25, 0.3) is 0 Å². The minimum atomic E-state index is -0.0769. The van der Waals surface area contributed by atoms with Gasteiger partial charge in [0.1, 0.15) is 11.5 Å². The fourth-order valence-corrected chi connectivity index (χ4v) is 4.83. The van der Waals surface area contributed by atoms with Crippen molar-refractivity contribution in [3.05, 3.63) is 94.3 Å². The zero-order chi connectivity index (χ0) is 19.1. The molecule has 0 amide bonds. The van der Waals surface area contributed by atoms with Crippen LogP contribution in [-0.2, 0) is 0 Å². The number of ether oxygens (including phenoxy) is 1. The lowest BCUT2D eigenvalue weighted by Gasteiger charge is -2.20. The van der Waals surface area contributed by atoms with E-state index in [-0.39, 0.29) is 5.92 Å². The molecule has 1 atom stereocenters. The molecule has 0 saturated heterocycles. The molecule has 3 aromatic carbocycles. The zero-order valence-electron chi connectivity index (χ0n) is 15.3. The first-order valence-corrected chi connectivity index (χ1v) is 10.0. The number of benzene rings is 3. The summed E-state index contributed by atoms with van der Waals surface area (Å²) in [5.41, 5.74) is 3.16. The van der Waals surface area contributed by atoms with Crippen LogP contribution in [0.3, 0.4) is 0 Å². The van der Waals surface area contributed by atoms with Crippen molar-refractivity contribution in [1.29, 1.82) is 0 Å². The highest BCUT2D eigenvalue weighted by Crippen LogP contribution is 2.45. The number of nitrogens with one attached hydrogen (secondary N) is 1. The van der Waals surface area contributed by atoms with Gasteiger partial charge in [0.15, 0.2) is 0 Å². The number of aromatic hydroxyl groups is 1. The van der Waals surface area contributed by atoms with Crippen molar-refractivity contribution in [3.8, 4) is 11.5 Å². The third kappa shape index (κ3) is 2.65. The van der Waals surface area contributed by atoms with Crippen LogP contribution in [0.5, 0.6) is 11.5 Å². The van der Waals surface area contributed by atoms with E-state index < -0.39 is 0 Å². The van der Waals surface area contributed by atoms with Gasteiger partial charge in [-0.25, -0.2) is 0 Å². The molecule has 0 fully saturated rings. The average molecular weight is 385 g/mol. The number of H-pyrrole nitrogens is 1. The Morgan fingerprint density at radius 2 is 1.82 bits per heavy atom. The fraction of sp³-hybridized carbons (Fsp3) is 0.0833. The highest BCUT2D eigenvalue weighted by Gasteiger charge is 2.26. The van der Waals surface area contributed by atoms with Crippen LogP contribution in [0, 0.1) is 0 Å². The van der Waals surface area contributed by atoms with Crippen LogP contribution in [-0.4, -0.2) is 17.2 Å². The van der Waals surface area contributed by atoms with Crippen molar-refractivity contribution in [2.45, 2.75) is 5.92 Å². The summed E-state index contributed by atoms with van der Waals surface area (Å²) in [6.07, 6.45) is 2.06. The van der Waals surface area contributed by atoms with Crippen molar-refractivity contribution in [2.75, 3.05) is 7.11 Å². The van der Waals surface area contributed by atoms with E-state index in [1.807, 2.05) is 30.3 Å². The van der Waals surface area contributed by atoms with Gasteiger partial charge in [-0.2, -0.15) is 0 Å². The lowest BCUT2D eigenvalue weighted by Crippen LogP contribution is -2.03. The van der Waals surface area contributed by atoms with Crippen molar-refractivity contribution >= 4 is 33.0 Å². The Morgan fingerprint density at radius 1 is 0.964 bits per heavy atom. The molecule has 5 aromatic rings. The number of hydrogen-bond donors (Lipinski definition) is 2. The van der Waals surface area contributed by atoms with Gasteiger partial charge in [0.2, 0.25) is 0 Å². The Bertz CT molecular complexity index is 1270. The van der Waals surface area contributed by atoms with Crippen LogP contribution in [0.2, 0.25) is 0 Å². The number of hydrogen-bond acceptors (Lipinski definition) is 3. The zero-order valence-corrected chi connectivity index (χ0v) is 16.2. The van der Waals surface area contributed by atoms with E-state index in [2.05, 4.69) is 46.9 Å². The van der Waals surface area contributed by atoms with E-state index in [9.17, 15) is 5.11 Å². The first kappa shape index (κ1) is 16.9. The van der Waals surface area contributed by atoms with Gasteiger partial charge in [-0.15, -0.1) is 11.3 Å². The molecule has 0 aliphatic carbocycles. The van der Waals surface area contributed by atoms with Crippen LogP contribution < -0.4 is 4.74 Å². The summed E-state index contributed by atoms with van der Waals surface area (Å²) in [5.74, 6) is 1.000. The maximum atomic E-state index is 11.0. The van der Waals surface area contributed by atoms with Crippen molar-refractivity contribution in [1.82, 2.24) is 4.98 Å². The molecule has 0 aliphatic heterocycles. The summed E-state index contributed by atoms with van der Waals surface area (Å²) in [4.78, 5) is 4.58. The summed E-state index contributed by atoms with van der Waals surface area (Å²) in [6, 6.07) is 22.2. The Labute approximate surface area is 166 Å². The normalized spacial score (nSPS) is 12.5. The number of rotatable bonds is 4. The minimum Gasteiger partial charge on any atom is -0.508 e. The number of para-hydroxylation sites is 1. The Morgan fingerprint density at radius 3 is 2.64 bits per heavy atom. The molecular formula is C24H19NO2S. The Balaban J connectivity index is 1.85. The minimum absolute atomic E-state index is 0.0769. The van der Waals surface area contributed by atoms with Crippen LogP contribution in [0.15, 0.2) is 78.3 Å². The van der Waals surface area contributed by atoms with Gasteiger partial charge in [-0.05, 0) is 52.0 Å². The van der Waals surface area contributed by atoms with E-state index in [0.29, 0.717) is 5.75 Å². The van der Waals surface area contributed by atoms with E-state index in [1.165, 1.54) is 10.3 Å². The number of phenolic OH excluding ortho intramolecular Hbond substituents is 1. The first-order valence-electron chi connectivity index (χ1n) is 9.15. The summed E-state index contributed by atoms with van der Waals surface area (Å²) >= 11 is 1.70. The van der Waals surface area contributed by atoms with Gasteiger partial charge in [0, 0.05) is 33.5 Å². The van der Waals surface area contributed by atoms with Crippen LogP contribution >= 0.6 is 11.3 Å². The van der Waals surface area contributed by atoms with Crippen molar-refractivity contribution in [2.24, 2.45) is 0 Å². The molecular weight excluding hydrogens is 366 g/mol.